The van der Waals surface area contributed by atoms with Gasteiger partial charge in [0.2, 0.25) is 10.0 Å². The summed E-state index contributed by atoms with van der Waals surface area (Å²) in [6, 6.07) is 11.1. The first-order valence-electron chi connectivity index (χ1n) is 9.96. The van der Waals surface area contributed by atoms with E-state index in [2.05, 4.69) is 0 Å². The molecule has 0 spiro atoms. The molecule has 0 saturated heterocycles. The van der Waals surface area contributed by atoms with Crippen LogP contribution in [-0.2, 0) is 14.8 Å². The number of ether oxygens (including phenoxy) is 1. The molecule has 1 atom stereocenters. The Morgan fingerprint density at radius 3 is 2.65 bits per heavy atom. The van der Waals surface area contributed by atoms with Gasteiger partial charge in [0.25, 0.3) is 0 Å². The predicted molar refractivity (Wildman–Crippen MR) is 116 cm³/mol. The third-order valence-electron chi connectivity index (χ3n) is 5.23. The number of carbonyl (C=O) groups is 1. The molecule has 0 aromatic heterocycles. The first-order valence-corrected chi connectivity index (χ1v) is 11.4. The fourth-order valence-electron chi connectivity index (χ4n) is 3.54. The molecule has 1 unspecified atom stereocenters. The van der Waals surface area contributed by atoms with Gasteiger partial charge in [0, 0.05) is 37.5 Å². The van der Waals surface area contributed by atoms with Crippen molar-refractivity contribution in [1.29, 1.82) is 0 Å². The molecule has 3 rings (SSSR count). The molecule has 0 fully saturated rings. The minimum Gasteiger partial charge on any atom is -0.478 e. The molecule has 0 aliphatic carbocycles. The quantitative estimate of drug-likeness (QED) is 0.506. The Morgan fingerprint density at radius 2 is 2.00 bits per heavy atom. The predicted octanol–water partition coefficient (Wildman–Crippen LogP) is 4.13. The summed E-state index contributed by atoms with van der Waals surface area (Å²) in [5.74, 6) is -2.43. The number of halogens is 1. The number of likely N-dealkylation sites (N-methyl/N-ethyl adjacent to an activating group) is 1. The molecule has 9 heteroatoms. The number of nitrogens with zero attached hydrogens (tertiary/aromatic N) is 2. The number of unbranched alkanes of at least 4 members (excludes halogenated alkanes) is 1. The van der Waals surface area contributed by atoms with Crippen LogP contribution in [0.3, 0.4) is 0 Å². The number of hydrogen-bond donors (Lipinski definition) is 1. The van der Waals surface area contributed by atoms with Crippen LogP contribution in [0.15, 0.2) is 59.7 Å². The Morgan fingerprint density at radius 1 is 1.29 bits per heavy atom. The third kappa shape index (κ3) is 4.88. The van der Waals surface area contributed by atoms with Crippen molar-refractivity contribution in [2.75, 3.05) is 18.5 Å². The van der Waals surface area contributed by atoms with E-state index in [9.17, 15) is 17.6 Å². The van der Waals surface area contributed by atoms with Gasteiger partial charge in [-0.25, -0.2) is 17.6 Å². The second kappa shape index (κ2) is 9.49. The van der Waals surface area contributed by atoms with Crippen LogP contribution in [-0.4, -0.2) is 43.4 Å². The van der Waals surface area contributed by atoms with Crippen LogP contribution < -0.4 is 9.64 Å². The van der Waals surface area contributed by atoms with Gasteiger partial charge in [0.15, 0.2) is 11.6 Å². The Bertz CT molecular complexity index is 1070. The lowest BCUT2D eigenvalue weighted by Crippen LogP contribution is -2.40. The maximum Gasteiger partial charge on any atom is 0.331 e. The second-order valence-corrected chi connectivity index (χ2v) is 9.24. The van der Waals surface area contributed by atoms with Crippen molar-refractivity contribution < 1.29 is 27.4 Å². The van der Waals surface area contributed by atoms with Gasteiger partial charge >= 0.3 is 5.97 Å². The van der Waals surface area contributed by atoms with E-state index in [1.165, 1.54) is 11.4 Å². The van der Waals surface area contributed by atoms with E-state index in [1.54, 1.807) is 4.90 Å². The monoisotopic (exact) mass is 448 g/mol. The lowest BCUT2D eigenvalue weighted by molar-refractivity contribution is -0.131. The van der Waals surface area contributed by atoms with E-state index >= 15 is 0 Å². The number of benzene rings is 2. The van der Waals surface area contributed by atoms with Gasteiger partial charge in [0.05, 0.1) is 18.0 Å². The number of carboxylic acids is 1. The van der Waals surface area contributed by atoms with Gasteiger partial charge in [-0.3, -0.25) is 0 Å². The molecule has 1 heterocycles. The first kappa shape index (κ1) is 22.8. The molecule has 0 amide bonds. The average Bonchev–Trinajstić information content (AvgIpc) is 2.81. The van der Waals surface area contributed by atoms with Gasteiger partial charge in [0.1, 0.15) is 4.90 Å². The summed E-state index contributed by atoms with van der Waals surface area (Å²) in [6.07, 6.45) is 3.94. The summed E-state index contributed by atoms with van der Waals surface area (Å²) in [6.45, 7) is 2.41. The fourth-order valence-corrected chi connectivity index (χ4v) is 5.10. The molecule has 0 radical (unpaired) electrons. The largest absolute Gasteiger partial charge is 0.478 e. The molecule has 1 aliphatic heterocycles. The van der Waals surface area contributed by atoms with Crippen molar-refractivity contribution in [3.63, 3.8) is 0 Å². The molecule has 0 saturated carbocycles. The molecule has 2 aromatic rings. The molecule has 7 nitrogen and oxygen atoms in total. The molecule has 2 aromatic carbocycles. The van der Waals surface area contributed by atoms with E-state index in [0.717, 1.165) is 36.9 Å². The molecule has 0 bridgehead atoms. The lowest BCUT2D eigenvalue weighted by Gasteiger charge is -2.29. The summed E-state index contributed by atoms with van der Waals surface area (Å²) in [4.78, 5) is 12.4. The SMILES string of the molecule is CCCCC1CN(c2ccccc2)c2cc(F)c(O/C=C/C(=O)O)cc2S(=O)(=O)N1C. The summed E-state index contributed by atoms with van der Waals surface area (Å²) in [5.41, 5.74) is 0.957. The third-order valence-corrected chi connectivity index (χ3v) is 7.17. The molecule has 31 heavy (non-hydrogen) atoms. The van der Waals surface area contributed by atoms with E-state index < -0.39 is 21.8 Å². The van der Waals surface area contributed by atoms with Crippen LogP contribution in [0.2, 0.25) is 0 Å². The number of carboxylic acid groups (broad SMARTS) is 1. The Labute approximate surface area is 181 Å². The zero-order valence-corrected chi connectivity index (χ0v) is 18.2. The maximum atomic E-state index is 14.8. The fraction of sp³-hybridized carbons (Fsp3) is 0.318. The number of para-hydroxylation sites is 1. The maximum absolute atomic E-state index is 14.8. The molecular formula is C22H25FN2O5S. The van der Waals surface area contributed by atoms with Crippen LogP contribution in [0, 0.1) is 5.82 Å². The highest BCUT2D eigenvalue weighted by molar-refractivity contribution is 7.89. The molecule has 1 N–H and O–H groups in total. The van der Waals surface area contributed by atoms with Crippen LogP contribution in [0.4, 0.5) is 15.8 Å². The van der Waals surface area contributed by atoms with E-state index in [4.69, 9.17) is 9.84 Å². The number of anilines is 2. The summed E-state index contributed by atoms with van der Waals surface area (Å²) >= 11 is 0. The standard InChI is InChI=1S/C22H25FN2O5S/c1-3-4-8-17-15-25(16-9-6-5-7-10-16)19-13-18(23)20(30-12-11-22(26)27)14-21(19)31(28,29)24(17)2/h5-7,9-14,17H,3-4,8,15H2,1-2H3,(H,26,27)/b12-11+. The van der Waals surface area contributed by atoms with E-state index in [1.807, 2.05) is 37.3 Å². The van der Waals surface area contributed by atoms with Crippen molar-refractivity contribution in [3.05, 3.63) is 60.6 Å². The highest BCUT2D eigenvalue weighted by atomic mass is 32.2. The zero-order valence-electron chi connectivity index (χ0n) is 17.4. The van der Waals surface area contributed by atoms with Gasteiger partial charge < -0.3 is 14.7 Å². The highest BCUT2D eigenvalue weighted by Gasteiger charge is 2.37. The van der Waals surface area contributed by atoms with Crippen LogP contribution >= 0.6 is 0 Å². The van der Waals surface area contributed by atoms with Gasteiger partial charge in [-0.15, -0.1) is 0 Å². The van der Waals surface area contributed by atoms with E-state index in [-0.39, 0.29) is 22.4 Å². The number of sulfonamides is 1. The Kier molecular flexibility index (Phi) is 6.97. The van der Waals surface area contributed by atoms with Crippen molar-refractivity contribution in [1.82, 2.24) is 4.31 Å². The van der Waals surface area contributed by atoms with Gasteiger partial charge in [-0.05, 0) is 18.6 Å². The number of fused-ring (bicyclic) bond motifs is 1. The Balaban J connectivity index is 2.16. The first-order chi connectivity index (χ1) is 14.8. The number of hydrogen-bond acceptors (Lipinski definition) is 5. The van der Waals surface area contributed by atoms with Crippen molar-refractivity contribution in [3.8, 4) is 5.75 Å². The van der Waals surface area contributed by atoms with Crippen molar-refractivity contribution >= 4 is 27.4 Å². The van der Waals surface area contributed by atoms with Crippen LogP contribution in [0.25, 0.3) is 0 Å². The lowest BCUT2D eigenvalue weighted by atomic mass is 10.1. The zero-order chi connectivity index (χ0) is 22.6. The second-order valence-electron chi connectivity index (χ2n) is 7.27. The number of aliphatic carboxylic acids is 1. The van der Waals surface area contributed by atoms with Gasteiger partial charge in [-0.1, -0.05) is 38.0 Å². The van der Waals surface area contributed by atoms with Crippen molar-refractivity contribution in [2.45, 2.75) is 37.1 Å². The summed E-state index contributed by atoms with van der Waals surface area (Å²) in [5, 5.41) is 8.70. The van der Waals surface area contributed by atoms with E-state index in [0.29, 0.717) is 19.0 Å². The smallest absolute Gasteiger partial charge is 0.331 e. The highest BCUT2D eigenvalue weighted by Crippen LogP contribution is 2.40. The number of rotatable bonds is 7. The van der Waals surface area contributed by atoms with Crippen LogP contribution in [0.1, 0.15) is 26.2 Å². The molecular weight excluding hydrogens is 423 g/mol. The minimum atomic E-state index is -3.95. The summed E-state index contributed by atoms with van der Waals surface area (Å²) in [7, 11) is -2.42. The summed E-state index contributed by atoms with van der Waals surface area (Å²) < 4.78 is 48.1. The van der Waals surface area contributed by atoms with Crippen molar-refractivity contribution in [2.24, 2.45) is 0 Å². The molecule has 1 aliphatic rings. The van der Waals surface area contributed by atoms with Crippen LogP contribution in [0.5, 0.6) is 5.75 Å². The van der Waals surface area contributed by atoms with Gasteiger partial charge in [-0.2, -0.15) is 4.31 Å². The molecule has 166 valence electrons. The average molecular weight is 449 g/mol. The topological polar surface area (TPSA) is 87.1 Å². The minimum absolute atomic E-state index is 0.0991. The normalized spacial score (nSPS) is 18.5. The Hall–Kier alpha value is -2.91.